The van der Waals surface area contributed by atoms with Gasteiger partial charge in [0.15, 0.2) is 11.7 Å². The van der Waals surface area contributed by atoms with E-state index in [4.69, 9.17) is 0 Å². The van der Waals surface area contributed by atoms with Crippen molar-refractivity contribution < 1.29 is 13.2 Å². The maximum Gasteiger partial charge on any atom is 0.244 e. The van der Waals surface area contributed by atoms with Crippen molar-refractivity contribution in [3.05, 3.63) is 58.9 Å². The average molecular weight is 385 g/mol. The zero-order valence-corrected chi connectivity index (χ0v) is 16.7. The molecule has 1 atom stereocenters. The van der Waals surface area contributed by atoms with Crippen molar-refractivity contribution in [2.45, 2.75) is 38.5 Å². The Morgan fingerprint density at radius 3 is 2.30 bits per heavy atom. The van der Waals surface area contributed by atoms with E-state index in [1.54, 1.807) is 26.0 Å². The van der Waals surface area contributed by atoms with Gasteiger partial charge in [0.05, 0.1) is 11.8 Å². The number of carbonyl (C=O) groups is 1. The maximum atomic E-state index is 12.7. The summed E-state index contributed by atoms with van der Waals surface area (Å²) in [7, 11) is -3.63. The van der Waals surface area contributed by atoms with E-state index in [2.05, 4.69) is 4.98 Å². The second kappa shape index (κ2) is 8.42. The highest BCUT2D eigenvalue weighted by Crippen LogP contribution is 2.22. The van der Waals surface area contributed by atoms with E-state index < -0.39 is 15.9 Å². The fraction of sp³-hybridized carbons (Fsp3) is 0.350. The van der Waals surface area contributed by atoms with Crippen LogP contribution in [0.3, 0.4) is 0 Å². The molecule has 6 nitrogen and oxygen atoms in total. The molecule has 0 aliphatic carbocycles. The van der Waals surface area contributed by atoms with Crippen molar-refractivity contribution in [1.82, 2.24) is 9.29 Å². The summed E-state index contributed by atoms with van der Waals surface area (Å²) >= 11 is 0. The number of carbonyl (C=O) groups excluding carboxylic acids is 1. The summed E-state index contributed by atoms with van der Waals surface area (Å²) in [6, 6.07) is 10.1. The number of benzene rings is 1. The van der Waals surface area contributed by atoms with Crippen LogP contribution in [-0.4, -0.2) is 36.6 Å². The minimum atomic E-state index is -3.63. The summed E-state index contributed by atoms with van der Waals surface area (Å²) in [5.74, 6) is -1.44. The van der Waals surface area contributed by atoms with Crippen molar-refractivity contribution in [1.29, 1.82) is 5.26 Å². The van der Waals surface area contributed by atoms with Gasteiger partial charge in [0.25, 0.3) is 0 Å². The molecule has 2 aromatic rings. The van der Waals surface area contributed by atoms with Crippen LogP contribution in [0.15, 0.2) is 41.4 Å². The summed E-state index contributed by atoms with van der Waals surface area (Å²) in [5.41, 5.74) is 2.70. The van der Waals surface area contributed by atoms with E-state index in [1.807, 2.05) is 26.0 Å². The predicted octanol–water partition coefficient (Wildman–Crippen LogP) is 3.22. The molecular formula is C20H23N3O3S. The van der Waals surface area contributed by atoms with E-state index in [9.17, 15) is 18.5 Å². The molecule has 2 rings (SSSR count). The summed E-state index contributed by atoms with van der Waals surface area (Å²) in [6.45, 7) is 8.08. The molecule has 0 saturated carbocycles. The molecule has 7 heteroatoms. The van der Waals surface area contributed by atoms with Crippen LogP contribution in [0, 0.1) is 25.2 Å². The normalized spacial score (nSPS) is 12.6. The van der Waals surface area contributed by atoms with Gasteiger partial charge in [-0.3, -0.25) is 9.78 Å². The second-order valence-electron chi connectivity index (χ2n) is 6.23. The van der Waals surface area contributed by atoms with Crippen molar-refractivity contribution in [3.8, 4) is 6.07 Å². The molecule has 0 unspecified atom stereocenters. The van der Waals surface area contributed by atoms with Crippen LogP contribution in [0.1, 0.15) is 46.9 Å². The third kappa shape index (κ3) is 4.24. The lowest BCUT2D eigenvalue weighted by Crippen LogP contribution is -2.30. The fourth-order valence-corrected chi connectivity index (χ4v) is 4.15. The van der Waals surface area contributed by atoms with Gasteiger partial charge in [-0.05, 0) is 43.2 Å². The van der Waals surface area contributed by atoms with E-state index in [0.717, 1.165) is 11.1 Å². The molecule has 0 aliphatic heterocycles. The van der Waals surface area contributed by atoms with Gasteiger partial charge in [-0.2, -0.15) is 9.57 Å². The Kier molecular flexibility index (Phi) is 6.47. The van der Waals surface area contributed by atoms with Gasteiger partial charge in [-0.25, -0.2) is 8.42 Å². The monoisotopic (exact) mass is 385 g/mol. The number of aromatic nitrogens is 1. The lowest BCUT2D eigenvalue weighted by Gasteiger charge is -2.18. The van der Waals surface area contributed by atoms with E-state index >= 15 is 0 Å². The highest BCUT2D eigenvalue weighted by molar-refractivity contribution is 7.89. The second-order valence-corrected chi connectivity index (χ2v) is 8.17. The van der Waals surface area contributed by atoms with E-state index in [-0.39, 0.29) is 16.4 Å². The number of hydrogen-bond acceptors (Lipinski definition) is 5. The van der Waals surface area contributed by atoms with Gasteiger partial charge in [-0.15, -0.1) is 0 Å². The van der Waals surface area contributed by atoms with Gasteiger partial charge < -0.3 is 0 Å². The molecule has 1 heterocycles. The zero-order valence-electron chi connectivity index (χ0n) is 15.9. The number of ketones is 1. The summed E-state index contributed by atoms with van der Waals surface area (Å²) < 4.78 is 26.4. The number of nitriles is 1. The first-order chi connectivity index (χ1) is 12.8. The molecular weight excluding hydrogens is 362 g/mol. The Bertz CT molecular complexity index is 973. The third-order valence-electron chi connectivity index (χ3n) is 4.58. The van der Waals surface area contributed by atoms with Crippen molar-refractivity contribution >= 4 is 15.8 Å². The number of rotatable bonds is 7. The molecule has 0 saturated heterocycles. The van der Waals surface area contributed by atoms with Crippen LogP contribution in [0.4, 0.5) is 0 Å². The molecule has 0 amide bonds. The molecule has 1 aromatic carbocycles. The molecule has 142 valence electrons. The van der Waals surface area contributed by atoms with Crippen molar-refractivity contribution in [2.24, 2.45) is 0 Å². The van der Waals surface area contributed by atoms with Gasteiger partial charge in [0.2, 0.25) is 10.0 Å². The highest BCUT2D eigenvalue weighted by atomic mass is 32.2. The molecule has 1 aromatic heterocycles. The molecule has 0 N–H and O–H groups in total. The topological polar surface area (TPSA) is 91.1 Å². The largest absolute Gasteiger partial charge is 0.292 e. The lowest BCUT2D eigenvalue weighted by atomic mass is 9.93. The lowest BCUT2D eigenvalue weighted by molar-refractivity contribution is 0.0977. The molecule has 0 radical (unpaired) electrons. The van der Waals surface area contributed by atoms with Gasteiger partial charge >= 0.3 is 0 Å². The summed E-state index contributed by atoms with van der Waals surface area (Å²) in [6.07, 6.45) is 1.21. The van der Waals surface area contributed by atoms with Crippen LogP contribution in [0.25, 0.3) is 0 Å². The van der Waals surface area contributed by atoms with Gasteiger partial charge in [0, 0.05) is 24.8 Å². The van der Waals surface area contributed by atoms with E-state index in [1.165, 1.54) is 22.6 Å². The summed E-state index contributed by atoms with van der Waals surface area (Å²) in [4.78, 5) is 16.9. The van der Waals surface area contributed by atoms with Crippen LogP contribution in [0.2, 0.25) is 0 Å². The molecule has 0 bridgehead atoms. The van der Waals surface area contributed by atoms with Crippen LogP contribution in [-0.2, 0) is 10.0 Å². The minimum absolute atomic E-state index is 0.0465. The maximum absolute atomic E-state index is 12.7. The predicted molar refractivity (Wildman–Crippen MR) is 103 cm³/mol. The summed E-state index contributed by atoms with van der Waals surface area (Å²) in [5, 5.41) is 9.49. The fourth-order valence-electron chi connectivity index (χ4n) is 2.75. The van der Waals surface area contributed by atoms with E-state index in [0.29, 0.717) is 18.7 Å². The zero-order chi connectivity index (χ0) is 20.2. The highest BCUT2D eigenvalue weighted by Gasteiger charge is 2.26. The molecule has 27 heavy (non-hydrogen) atoms. The first kappa shape index (κ1) is 20.7. The number of hydrogen-bond donors (Lipinski definition) is 0. The number of Topliss-reactive ketones (excluding diaryl/α,β-unsaturated/α-hetero) is 1. The minimum Gasteiger partial charge on any atom is -0.292 e. The Morgan fingerprint density at radius 2 is 1.81 bits per heavy atom. The Balaban J connectivity index is 2.35. The number of pyridine rings is 1. The van der Waals surface area contributed by atoms with Crippen LogP contribution in [0.5, 0.6) is 0 Å². The molecule has 0 aliphatic rings. The molecule has 0 fully saturated rings. The number of sulfonamides is 1. The standard InChI is InChI=1S/C20H23N3O3S/c1-5-23(6-2)27(25,26)17-9-10-19(22-13-17)18(12-21)20(24)16-8-7-14(3)15(4)11-16/h7-11,13,18H,5-6H2,1-4H3/t18-/m0/s1. The Morgan fingerprint density at radius 1 is 1.15 bits per heavy atom. The average Bonchev–Trinajstić information content (AvgIpc) is 2.65. The smallest absolute Gasteiger partial charge is 0.244 e. The van der Waals surface area contributed by atoms with Crippen LogP contribution >= 0.6 is 0 Å². The van der Waals surface area contributed by atoms with Crippen molar-refractivity contribution in [3.63, 3.8) is 0 Å². The number of nitrogens with zero attached hydrogens (tertiary/aromatic N) is 3. The Labute approximate surface area is 160 Å². The van der Waals surface area contributed by atoms with Gasteiger partial charge in [-0.1, -0.05) is 26.0 Å². The SMILES string of the molecule is CCN(CC)S(=O)(=O)c1ccc([C@H](C#N)C(=O)c2ccc(C)c(C)c2)nc1. The Hall–Kier alpha value is -2.56. The molecule has 0 spiro atoms. The third-order valence-corrected chi connectivity index (χ3v) is 6.61. The van der Waals surface area contributed by atoms with Crippen LogP contribution < -0.4 is 0 Å². The first-order valence-corrected chi connectivity index (χ1v) is 10.2. The number of aryl methyl sites for hydroxylation is 2. The van der Waals surface area contributed by atoms with Gasteiger partial charge in [0.1, 0.15) is 4.90 Å². The quantitative estimate of drug-likeness (QED) is 0.683. The van der Waals surface area contributed by atoms with Crippen molar-refractivity contribution in [2.75, 3.05) is 13.1 Å². The first-order valence-electron chi connectivity index (χ1n) is 8.73.